The predicted molar refractivity (Wildman–Crippen MR) is 113 cm³/mol. The standard InChI is InChI=1S/C24H26FNO6/c25-19-6-3-16(4-7-19)14-26-24(28)22-12-18(13-23(32-22)29-10-2-1-9-27)17-5-8-20-21(11-17)31-15-30-20/h3-8,11-12,18,23,27H,1-2,9-10,13-15H2,(H,26,28)/t18-,23+/m0/s1. The molecular formula is C24H26FNO6. The van der Waals surface area contributed by atoms with Crippen LogP contribution in [0, 0.1) is 5.82 Å². The molecule has 1 amide bonds. The van der Waals surface area contributed by atoms with Gasteiger partial charge in [0.25, 0.3) is 5.91 Å². The van der Waals surface area contributed by atoms with Gasteiger partial charge in [-0.25, -0.2) is 4.39 Å². The minimum absolute atomic E-state index is 0.103. The normalized spacial score (nSPS) is 19.2. The van der Waals surface area contributed by atoms with Crippen molar-refractivity contribution >= 4 is 5.91 Å². The molecule has 2 aliphatic heterocycles. The number of hydrogen-bond donors (Lipinski definition) is 2. The second kappa shape index (κ2) is 10.5. The summed E-state index contributed by atoms with van der Waals surface area (Å²) >= 11 is 0. The van der Waals surface area contributed by atoms with E-state index >= 15 is 0 Å². The molecular weight excluding hydrogens is 417 g/mol. The highest BCUT2D eigenvalue weighted by Crippen LogP contribution is 2.38. The topological polar surface area (TPSA) is 86.3 Å². The first-order valence-electron chi connectivity index (χ1n) is 10.7. The Hall–Kier alpha value is -3.10. The van der Waals surface area contributed by atoms with Gasteiger partial charge < -0.3 is 29.4 Å². The van der Waals surface area contributed by atoms with Gasteiger partial charge in [0.15, 0.2) is 17.3 Å². The lowest BCUT2D eigenvalue weighted by molar-refractivity contribution is -0.146. The minimum atomic E-state index is -0.597. The van der Waals surface area contributed by atoms with Gasteiger partial charge >= 0.3 is 0 Å². The van der Waals surface area contributed by atoms with Crippen molar-refractivity contribution in [2.45, 2.75) is 38.0 Å². The molecule has 0 aromatic heterocycles. The maximum absolute atomic E-state index is 13.1. The van der Waals surface area contributed by atoms with Crippen LogP contribution in [0.1, 0.15) is 36.3 Å². The molecule has 0 radical (unpaired) electrons. The van der Waals surface area contributed by atoms with Crippen molar-refractivity contribution in [3.8, 4) is 11.5 Å². The summed E-state index contributed by atoms with van der Waals surface area (Å²) in [5, 5.41) is 11.8. The van der Waals surface area contributed by atoms with Gasteiger partial charge in [0.05, 0.1) is 6.61 Å². The quantitative estimate of drug-likeness (QED) is 0.578. The van der Waals surface area contributed by atoms with Gasteiger partial charge in [-0.15, -0.1) is 0 Å². The van der Waals surface area contributed by atoms with Gasteiger partial charge in [-0.1, -0.05) is 18.2 Å². The number of unbranched alkanes of at least 4 members (excludes halogenated alkanes) is 1. The lowest BCUT2D eigenvalue weighted by atomic mass is 9.92. The lowest BCUT2D eigenvalue weighted by Crippen LogP contribution is -2.32. The van der Waals surface area contributed by atoms with E-state index < -0.39 is 6.29 Å². The third-order valence-electron chi connectivity index (χ3n) is 5.33. The highest BCUT2D eigenvalue weighted by Gasteiger charge is 2.29. The van der Waals surface area contributed by atoms with Crippen molar-refractivity contribution in [1.82, 2.24) is 5.32 Å². The van der Waals surface area contributed by atoms with E-state index in [4.69, 9.17) is 24.1 Å². The van der Waals surface area contributed by atoms with E-state index in [-0.39, 0.29) is 43.3 Å². The predicted octanol–water partition coefficient (Wildman–Crippen LogP) is 3.37. The number of ether oxygens (including phenoxy) is 4. The number of halogens is 1. The number of carbonyl (C=O) groups is 1. The molecule has 0 saturated carbocycles. The number of amides is 1. The van der Waals surface area contributed by atoms with Gasteiger partial charge in [-0.2, -0.15) is 0 Å². The summed E-state index contributed by atoms with van der Waals surface area (Å²) in [4.78, 5) is 12.8. The molecule has 170 valence electrons. The first kappa shape index (κ1) is 22.1. The van der Waals surface area contributed by atoms with Gasteiger partial charge in [-0.05, 0) is 54.3 Å². The van der Waals surface area contributed by atoms with Crippen LogP contribution in [0.25, 0.3) is 0 Å². The van der Waals surface area contributed by atoms with Crippen LogP contribution in [0.2, 0.25) is 0 Å². The summed E-state index contributed by atoms with van der Waals surface area (Å²) in [6, 6.07) is 11.6. The number of aliphatic hydroxyl groups excluding tert-OH is 1. The molecule has 8 heteroatoms. The van der Waals surface area contributed by atoms with Crippen LogP contribution in [0.4, 0.5) is 4.39 Å². The first-order chi connectivity index (χ1) is 15.6. The molecule has 0 saturated heterocycles. The number of hydrogen-bond acceptors (Lipinski definition) is 6. The second-order valence-electron chi connectivity index (χ2n) is 7.64. The molecule has 2 heterocycles. The van der Waals surface area contributed by atoms with Crippen LogP contribution >= 0.6 is 0 Å². The summed E-state index contributed by atoms with van der Waals surface area (Å²) in [6.45, 7) is 0.960. The SMILES string of the molecule is O=C(NCc1ccc(F)cc1)C1=C[C@H](c2ccc3c(c2)OCO3)C[C@H](OCCCCO)O1. The van der Waals surface area contributed by atoms with Crippen LogP contribution in [-0.4, -0.2) is 37.3 Å². The molecule has 0 aliphatic carbocycles. The summed E-state index contributed by atoms with van der Waals surface area (Å²) in [5.74, 6) is 0.722. The third kappa shape index (κ3) is 5.57. The van der Waals surface area contributed by atoms with Gasteiger partial charge in [0.1, 0.15) is 5.82 Å². The molecule has 0 fully saturated rings. The Bertz CT molecular complexity index is 961. The molecule has 2 aromatic carbocycles. The Morgan fingerprint density at radius 3 is 2.75 bits per heavy atom. The summed E-state index contributed by atoms with van der Waals surface area (Å²) in [5.41, 5.74) is 1.74. The monoisotopic (exact) mass is 443 g/mol. The van der Waals surface area contributed by atoms with Crippen molar-refractivity contribution < 1.29 is 33.2 Å². The smallest absolute Gasteiger partial charge is 0.286 e. The Morgan fingerprint density at radius 1 is 1.12 bits per heavy atom. The van der Waals surface area contributed by atoms with E-state index in [1.807, 2.05) is 18.2 Å². The average molecular weight is 443 g/mol. The molecule has 0 bridgehead atoms. The molecule has 0 unspecified atom stereocenters. The zero-order valence-corrected chi connectivity index (χ0v) is 17.6. The highest BCUT2D eigenvalue weighted by atomic mass is 19.1. The van der Waals surface area contributed by atoms with E-state index in [0.29, 0.717) is 37.4 Å². The van der Waals surface area contributed by atoms with E-state index in [0.717, 1.165) is 11.1 Å². The number of nitrogens with one attached hydrogen (secondary N) is 1. The van der Waals surface area contributed by atoms with E-state index in [1.165, 1.54) is 12.1 Å². The largest absolute Gasteiger partial charge is 0.459 e. The van der Waals surface area contributed by atoms with Gasteiger partial charge in [0.2, 0.25) is 13.1 Å². The second-order valence-corrected chi connectivity index (χ2v) is 7.64. The molecule has 7 nitrogen and oxygen atoms in total. The molecule has 2 aromatic rings. The number of benzene rings is 2. The van der Waals surface area contributed by atoms with Crippen LogP contribution in [0.15, 0.2) is 54.3 Å². The fourth-order valence-electron chi connectivity index (χ4n) is 3.59. The molecule has 0 spiro atoms. The van der Waals surface area contributed by atoms with Crippen molar-refractivity contribution in [2.24, 2.45) is 0 Å². The maximum Gasteiger partial charge on any atom is 0.286 e. The van der Waals surface area contributed by atoms with Crippen molar-refractivity contribution in [3.05, 3.63) is 71.2 Å². The lowest BCUT2D eigenvalue weighted by Gasteiger charge is -2.29. The third-order valence-corrected chi connectivity index (χ3v) is 5.33. The van der Waals surface area contributed by atoms with E-state index in [2.05, 4.69) is 5.32 Å². The van der Waals surface area contributed by atoms with Gasteiger partial charge in [-0.3, -0.25) is 4.79 Å². The van der Waals surface area contributed by atoms with Crippen molar-refractivity contribution in [3.63, 3.8) is 0 Å². The van der Waals surface area contributed by atoms with Crippen LogP contribution in [0.3, 0.4) is 0 Å². The highest BCUT2D eigenvalue weighted by molar-refractivity contribution is 5.91. The minimum Gasteiger partial charge on any atom is -0.459 e. The fourth-order valence-corrected chi connectivity index (χ4v) is 3.59. The van der Waals surface area contributed by atoms with Crippen LogP contribution in [-0.2, 0) is 20.8 Å². The van der Waals surface area contributed by atoms with Gasteiger partial charge in [0, 0.05) is 25.5 Å². The molecule has 2 N–H and O–H groups in total. The summed E-state index contributed by atoms with van der Waals surface area (Å²) < 4.78 is 35.6. The Kier molecular flexibility index (Phi) is 7.24. The molecule has 4 rings (SSSR count). The first-order valence-corrected chi connectivity index (χ1v) is 10.7. The van der Waals surface area contributed by atoms with Crippen molar-refractivity contribution in [2.75, 3.05) is 20.0 Å². The summed E-state index contributed by atoms with van der Waals surface area (Å²) in [7, 11) is 0. The maximum atomic E-state index is 13.1. The Morgan fingerprint density at radius 2 is 1.94 bits per heavy atom. The number of aliphatic hydroxyl groups is 1. The fraction of sp³-hybridized carbons (Fsp3) is 0.375. The molecule has 2 atom stereocenters. The number of fused-ring (bicyclic) bond motifs is 1. The Balaban J connectivity index is 1.47. The zero-order valence-electron chi connectivity index (χ0n) is 17.6. The Labute approximate surface area is 185 Å². The van der Waals surface area contributed by atoms with Crippen LogP contribution < -0.4 is 14.8 Å². The van der Waals surface area contributed by atoms with E-state index in [1.54, 1.807) is 18.2 Å². The number of rotatable bonds is 9. The van der Waals surface area contributed by atoms with E-state index in [9.17, 15) is 9.18 Å². The summed E-state index contributed by atoms with van der Waals surface area (Å²) in [6.07, 6.45) is 3.05. The van der Waals surface area contributed by atoms with Crippen molar-refractivity contribution in [1.29, 1.82) is 0 Å². The molecule has 32 heavy (non-hydrogen) atoms. The number of allylic oxidation sites excluding steroid dienone is 1. The zero-order chi connectivity index (χ0) is 22.3. The van der Waals surface area contributed by atoms with Crippen LogP contribution in [0.5, 0.6) is 11.5 Å². The molecule has 2 aliphatic rings. The number of carbonyl (C=O) groups excluding carboxylic acids is 1. The average Bonchev–Trinajstić information content (AvgIpc) is 3.29.